The van der Waals surface area contributed by atoms with E-state index in [0.717, 1.165) is 96.3 Å². The van der Waals surface area contributed by atoms with Crippen molar-refractivity contribution in [3.05, 3.63) is 72.9 Å². The minimum Gasteiger partial charge on any atom is -0.454 e. The summed E-state index contributed by atoms with van der Waals surface area (Å²) in [5.41, 5.74) is 0. The third kappa shape index (κ3) is 40.0. The van der Waals surface area contributed by atoms with Gasteiger partial charge in [-0.2, -0.15) is 0 Å². The maximum absolute atomic E-state index is 13.4. The monoisotopic (exact) mass is 1060 g/mol. The number of unbranched alkanes of at least 4 members (excludes halogenated alkanes) is 27. The molecule has 0 spiro atoms. The second kappa shape index (κ2) is 51.8. The lowest BCUT2D eigenvalue weighted by atomic mass is 9.99. The molecule has 0 aromatic heterocycles. The Balaban J connectivity index is 2.73. The molecule has 434 valence electrons. The fraction of sp³-hybridized carbons (Fsp3) is 0.781. The van der Waals surface area contributed by atoms with Crippen LogP contribution >= 0.6 is 0 Å². The Morgan fingerprint density at radius 2 is 0.920 bits per heavy atom. The normalized spacial score (nSPS) is 19.7. The molecular formula is C64H113NO10. The molecule has 1 aliphatic heterocycles. The van der Waals surface area contributed by atoms with Crippen molar-refractivity contribution in [2.24, 2.45) is 0 Å². The van der Waals surface area contributed by atoms with E-state index in [4.69, 9.17) is 14.2 Å². The van der Waals surface area contributed by atoms with Gasteiger partial charge >= 0.3 is 5.97 Å². The van der Waals surface area contributed by atoms with Crippen molar-refractivity contribution in [2.75, 3.05) is 13.2 Å². The number of ether oxygens (including phenoxy) is 3. The highest BCUT2D eigenvalue weighted by atomic mass is 16.7. The van der Waals surface area contributed by atoms with E-state index in [1.807, 2.05) is 6.08 Å². The maximum atomic E-state index is 13.4. The van der Waals surface area contributed by atoms with Gasteiger partial charge in [0.2, 0.25) is 5.91 Å². The number of nitrogens with one attached hydrogen (secondary N) is 1. The number of carbonyl (C=O) groups excluding carboxylic acids is 2. The van der Waals surface area contributed by atoms with Gasteiger partial charge in [-0.05, 0) is 96.3 Å². The number of hydrogen-bond acceptors (Lipinski definition) is 10. The average molecular weight is 1060 g/mol. The van der Waals surface area contributed by atoms with Crippen LogP contribution in [0.5, 0.6) is 0 Å². The van der Waals surface area contributed by atoms with Crippen LogP contribution in [0.1, 0.15) is 258 Å². The summed E-state index contributed by atoms with van der Waals surface area (Å²) in [4.78, 5) is 26.5. The van der Waals surface area contributed by atoms with Crippen LogP contribution in [-0.4, -0.2) is 99.6 Å². The van der Waals surface area contributed by atoms with E-state index in [1.54, 1.807) is 6.08 Å². The van der Waals surface area contributed by atoms with E-state index in [-0.39, 0.29) is 19.4 Å². The fourth-order valence-electron chi connectivity index (χ4n) is 9.16. The molecule has 0 aromatic carbocycles. The van der Waals surface area contributed by atoms with Crippen molar-refractivity contribution in [1.29, 1.82) is 0 Å². The second-order valence-corrected chi connectivity index (χ2v) is 21.1. The molecular weight excluding hydrogens is 943 g/mol. The van der Waals surface area contributed by atoms with Crippen molar-refractivity contribution >= 4 is 11.9 Å². The molecule has 0 aliphatic carbocycles. The molecule has 75 heavy (non-hydrogen) atoms. The smallest absolute Gasteiger partial charge is 0.306 e. The lowest BCUT2D eigenvalue weighted by molar-refractivity contribution is -0.305. The van der Waals surface area contributed by atoms with Crippen LogP contribution in [0.4, 0.5) is 0 Å². The molecule has 0 saturated carbocycles. The third-order valence-electron chi connectivity index (χ3n) is 14.1. The zero-order valence-electron chi connectivity index (χ0n) is 47.9. The number of hydrogen-bond donors (Lipinski definition) is 6. The molecule has 11 nitrogen and oxygen atoms in total. The van der Waals surface area contributed by atoms with Crippen LogP contribution in [0.15, 0.2) is 72.9 Å². The van der Waals surface area contributed by atoms with Gasteiger partial charge in [0.25, 0.3) is 0 Å². The zero-order chi connectivity index (χ0) is 54.7. The Bertz CT molecular complexity index is 1490. The van der Waals surface area contributed by atoms with Crippen molar-refractivity contribution in [3.8, 4) is 0 Å². The fourth-order valence-corrected chi connectivity index (χ4v) is 9.16. The summed E-state index contributed by atoms with van der Waals surface area (Å²) in [6, 6.07) is -1.04. The lowest BCUT2D eigenvalue weighted by Gasteiger charge is -2.41. The van der Waals surface area contributed by atoms with Gasteiger partial charge in [-0.3, -0.25) is 9.59 Å². The van der Waals surface area contributed by atoms with E-state index in [1.165, 1.54) is 116 Å². The Hall–Kier alpha value is -2.90. The molecule has 11 heteroatoms. The Morgan fingerprint density at radius 1 is 0.520 bits per heavy atom. The molecule has 8 unspecified atom stereocenters. The van der Waals surface area contributed by atoms with Crippen LogP contribution in [0, 0.1) is 0 Å². The van der Waals surface area contributed by atoms with Crippen LogP contribution in [0.2, 0.25) is 0 Å². The first-order valence-corrected chi connectivity index (χ1v) is 30.7. The van der Waals surface area contributed by atoms with Gasteiger partial charge in [0.05, 0.1) is 25.4 Å². The molecule has 1 amide bonds. The van der Waals surface area contributed by atoms with Gasteiger partial charge in [0, 0.05) is 6.42 Å². The molecule has 1 fully saturated rings. The highest BCUT2D eigenvalue weighted by Crippen LogP contribution is 2.26. The molecule has 8 atom stereocenters. The average Bonchev–Trinajstić information content (AvgIpc) is 3.41. The molecule has 1 aliphatic rings. The van der Waals surface area contributed by atoms with Crippen molar-refractivity contribution in [3.63, 3.8) is 0 Å². The molecule has 1 heterocycles. The predicted molar refractivity (Wildman–Crippen MR) is 310 cm³/mol. The van der Waals surface area contributed by atoms with Crippen LogP contribution in [-0.2, 0) is 23.8 Å². The summed E-state index contributed by atoms with van der Waals surface area (Å²) in [6.07, 6.45) is 55.0. The molecule has 1 rings (SSSR count). The van der Waals surface area contributed by atoms with E-state index in [2.05, 4.69) is 86.8 Å². The first kappa shape index (κ1) is 70.1. The standard InChI is InChI=1S/C64H113NO10/c1-4-7-10-13-16-19-22-25-27-29-31-34-37-40-43-46-49-52-59(69)75-62-61(71)60(70)58(53-66)74-64(62)73-54-55(56(67)50-47-44-41-38-35-32-24-21-18-15-12-9-6-3)65-63(72)57(68)51-48-45-42-39-36-33-30-28-26-23-20-17-14-11-8-5-2/h16-17,19-20,25-28,33,36,47,50,55-58,60-62,64,66-68,70-71H,4-15,18,21-24,29-32,34-35,37-46,48-49,51-54H2,1-3H3,(H,65,72)/b19-16-,20-17-,27-25-,28-26-,36-33-,50-47+. The van der Waals surface area contributed by atoms with E-state index in [0.29, 0.717) is 12.8 Å². The number of aliphatic hydroxyl groups excluding tert-OH is 5. The molecule has 0 aromatic rings. The summed E-state index contributed by atoms with van der Waals surface area (Å²) < 4.78 is 17.6. The molecule has 6 N–H and O–H groups in total. The summed E-state index contributed by atoms with van der Waals surface area (Å²) in [6.45, 7) is 5.72. The minimum absolute atomic E-state index is 0.110. The van der Waals surface area contributed by atoms with Crippen molar-refractivity contribution in [1.82, 2.24) is 5.32 Å². The summed E-state index contributed by atoms with van der Waals surface area (Å²) in [5, 5.41) is 56.9. The lowest BCUT2D eigenvalue weighted by Crippen LogP contribution is -2.61. The molecule has 0 radical (unpaired) electrons. The molecule has 1 saturated heterocycles. The third-order valence-corrected chi connectivity index (χ3v) is 14.1. The maximum Gasteiger partial charge on any atom is 0.306 e. The number of allylic oxidation sites excluding steroid dienone is 11. The number of aliphatic hydroxyl groups is 5. The topological polar surface area (TPSA) is 175 Å². The van der Waals surface area contributed by atoms with Gasteiger partial charge in [0.1, 0.15) is 24.4 Å². The van der Waals surface area contributed by atoms with Crippen LogP contribution in [0.25, 0.3) is 0 Å². The minimum atomic E-state index is -1.62. The van der Waals surface area contributed by atoms with Crippen LogP contribution < -0.4 is 5.32 Å². The van der Waals surface area contributed by atoms with Crippen LogP contribution in [0.3, 0.4) is 0 Å². The van der Waals surface area contributed by atoms with Gasteiger partial charge in [-0.1, -0.05) is 229 Å². The zero-order valence-corrected chi connectivity index (χ0v) is 47.9. The second-order valence-electron chi connectivity index (χ2n) is 21.1. The van der Waals surface area contributed by atoms with Crippen molar-refractivity contribution < 1.29 is 49.3 Å². The van der Waals surface area contributed by atoms with Gasteiger partial charge < -0.3 is 45.1 Å². The van der Waals surface area contributed by atoms with Gasteiger partial charge in [-0.15, -0.1) is 0 Å². The Morgan fingerprint density at radius 3 is 1.40 bits per heavy atom. The number of rotatable bonds is 51. The molecule has 0 bridgehead atoms. The number of carbonyl (C=O) groups is 2. The Kier molecular flexibility index (Phi) is 48.5. The summed E-state index contributed by atoms with van der Waals surface area (Å²) in [7, 11) is 0. The van der Waals surface area contributed by atoms with E-state index < -0.39 is 67.4 Å². The van der Waals surface area contributed by atoms with Gasteiger partial charge in [0.15, 0.2) is 12.4 Å². The quantitative estimate of drug-likeness (QED) is 0.0195. The summed E-state index contributed by atoms with van der Waals surface area (Å²) >= 11 is 0. The first-order valence-electron chi connectivity index (χ1n) is 30.7. The largest absolute Gasteiger partial charge is 0.454 e. The highest BCUT2D eigenvalue weighted by molar-refractivity contribution is 5.80. The highest BCUT2D eigenvalue weighted by Gasteiger charge is 2.47. The first-order chi connectivity index (χ1) is 36.7. The predicted octanol–water partition coefficient (Wildman–Crippen LogP) is 14.4. The Labute approximate surface area is 458 Å². The van der Waals surface area contributed by atoms with Crippen molar-refractivity contribution in [2.45, 2.75) is 307 Å². The summed E-state index contributed by atoms with van der Waals surface area (Å²) in [5.74, 6) is -1.23. The van der Waals surface area contributed by atoms with Gasteiger partial charge in [-0.25, -0.2) is 0 Å². The number of esters is 1. The number of amides is 1. The van der Waals surface area contributed by atoms with E-state index >= 15 is 0 Å². The SMILES string of the molecule is CCCCC/C=C\C/C=C\C/C=C\CCCCCC(O)C(=O)NC(COC1OC(CO)C(O)C(O)C1OC(=O)CCCCCCCCC/C=C\C/C=C\CCCCC)C(O)/C=C/CCCCCCCCCCCCC. The van der Waals surface area contributed by atoms with E-state index in [9.17, 15) is 35.1 Å².